The molecule has 3 rings (SSSR count). The fourth-order valence-corrected chi connectivity index (χ4v) is 3.36. The molecule has 0 aliphatic carbocycles. The Balaban J connectivity index is 2.04. The Morgan fingerprint density at radius 2 is 2.36 bits per heavy atom. The summed E-state index contributed by atoms with van der Waals surface area (Å²) in [5.41, 5.74) is 3.23. The maximum Gasteiger partial charge on any atom is 0.155 e. The number of fused-ring (bicyclic) bond motifs is 1. The van der Waals surface area contributed by atoms with Gasteiger partial charge in [0.1, 0.15) is 5.01 Å². The Labute approximate surface area is 89.5 Å². The van der Waals surface area contributed by atoms with Gasteiger partial charge < -0.3 is 5.32 Å². The number of rotatable bonds is 1. The highest BCUT2D eigenvalue weighted by Crippen LogP contribution is 2.30. The third kappa shape index (κ3) is 1.37. The number of thiazole rings is 2. The molecule has 72 valence electrons. The summed E-state index contributed by atoms with van der Waals surface area (Å²) in [6, 6.07) is 0. The van der Waals surface area contributed by atoms with Crippen molar-refractivity contribution >= 4 is 37.9 Å². The van der Waals surface area contributed by atoms with Crippen LogP contribution in [0.15, 0.2) is 11.6 Å². The summed E-state index contributed by atoms with van der Waals surface area (Å²) in [7, 11) is 0. The van der Waals surface area contributed by atoms with E-state index in [2.05, 4.69) is 21.4 Å². The monoisotopic (exact) mass is 223 g/mol. The van der Waals surface area contributed by atoms with Crippen molar-refractivity contribution in [1.82, 2.24) is 15.3 Å². The van der Waals surface area contributed by atoms with E-state index in [0.717, 1.165) is 34.2 Å². The van der Waals surface area contributed by atoms with Crippen LogP contribution in [-0.4, -0.2) is 23.1 Å². The smallest absolute Gasteiger partial charge is 0.155 e. The highest BCUT2D eigenvalue weighted by Gasteiger charge is 2.11. The van der Waals surface area contributed by atoms with Crippen molar-refractivity contribution in [3.05, 3.63) is 16.6 Å². The van der Waals surface area contributed by atoms with Crippen LogP contribution < -0.4 is 5.32 Å². The van der Waals surface area contributed by atoms with Gasteiger partial charge in [-0.15, -0.1) is 11.3 Å². The first-order chi connectivity index (χ1) is 6.93. The van der Waals surface area contributed by atoms with E-state index in [0.29, 0.717) is 0 Å². The second kappa shape index (κ2) is 3.42. The van der Waals surface area contributed by atoms with Crippen molar-refractivity contribution in [3.63, 3.8) is 0 Å². The summed E-state index contributed by atoms with van der Waals surface area (Å²) in [4.78, 5) is 11.0. The fourth-order valence-electron chi connectivity index (χ4n) is 1.53. The predicted octanol–water partition coefficient (Wildman–Crippen LogP) is 2.13. The summed E-state index contributed by atoms with van der Waals surface area (Å²) in [5.74, 6) is 0. The van der Waals surface area contributed by atoms with Gasteiger partial charge in [-0.25, -0.2) is 9.97 Å². The van der Waals surface area contributed by atoms with E-state index in [1.165, 1.54) is 5.57 Å². The summed E-state index contributed by atoms with van der Waals surface area (Å²) in [6.45, 7) is 2.03. The predicted molar refractivity (Wildman–Crippen MR) is 60.8 cm³/mol. The fraction of sp³-hybridized carbons (Fsp3) is 0.333. The molecule has 0 aromatic carbocycles. The molecule has 2 aromatic heterocycles. The van der Waals surface area contributed by atoms with E-state index >= 15 is 0 Å². The summed E-state index contributed by atoms with van der Waals surface area (Å²) >= 11 is 3.32. The van der Waals surface area contributed by atoms with Crippen molar-refractivity contribution in [2.75, 3.05) is 13.1 Å². The molecule has 3 heterocycles. The Bertz CT molecular complexity index is 454. The van der Waals surface area contributed by atoms with E-state index < -0.39 is 0 Å². The Hall–Kier alpha value is -0.780. The normalized spacial score (nSPS) is 17.3. The lowest BCUT2D eigenvalue weighted by atomic mass is 10.1. The first kappa shape index (κ1) is 8.52. The molecule has 1 aliphatic rings. The second-order valence-corrected chi connectivity index (χ2v) is 4.98. The molecule has 5 heteroatoms. The molecule has 3 nitrogen and oxygen atoms in total. The van der Waals surface area contributed by atoms with E-state index in [1.54, 1.807) is 22.7 Å². The van der Waals surface area contributed by atoms with Gasteiger partial charge in [0, 0.05) is 6.54 Å². The molecule has 0 bridgehead atoms. The van der Waals surface area contributed by atoms with Crippen LogP contribution in [0.4, 0.5) is 0 Å². The SMILES string of the molecule is C1=C(c2nc3scnc3s2)CCNC1. The minimum Gasteiger partial charge on any atom is -0.313 e. The van der Waals surface area contributed by atoms with Crippen LogP contribution in [0.25, 0.3) is 15.2 Å². The molecule has 2 aromatic rings. The Morgan fingerprint density at radius 1 is 1.36 bits per heavy atom. The minimum absolute atomic E-state index is 0.968. The van der Waals surface area contributed by atoms with E-state index in [-0.39, 0.29) is 0 Å². The van der Waals surface area contributed by atoms with Gasteiger partial charge in [-0.1, -0.05) is 17.4 Å². The van der Waals surface area contributed by atoms with Crippen LogP contribution in [0, 0.1) is 0 Å². The highest BCUT2D eigenvalue weighted by atomic mass is 32.1. The zero-order valence-corrected chi connectivity index (χ0v) is 9.12. The summed E-state index contributed by atoms with van der Waals surface area (Å²) in [6.07, 6.45) is 3.31. The van der Waals surface area contributed by atoms with Crippen molar-refractivity contribution < 1.29 is 0 Å². The molecule has 0 amide bonds. The lowest BCUT2D eigenvalue weighted by Crippen LogP contribution is -2.19. The first-order valence-corrected chi connectivity index (χ1v) is 6.23. The molecule has 1 aliphatic heterocycles. The molecule has 14 heavy (non-hydrogen) atoms. The van der Waals surface area contributed by atoms with Gasteiger partial charge in [-0.2, -0.15) is 0 Å². The van der Waals surface area contributed by atoms with Gasteiger partial charge in [0.15, 0.2) is 9.66 Å². The topological polar surface area (TPSA) is 37.8 Å². The van der Waals surface area contributed by atoms with Gasteiger partial charge in [0.25, 0.3) is 0 Å². The molecule has 0 unspecified atom stereocenters. The van der Waals surface area contributed by atoms with Gasteiger partial charge in [-0.3, -0.25) is 0 Å². The lowest BCUT2D eigenvalue weighted by Gasteiger charge is -2.10. The quantitative estimate of drug-likeness (QED) is 0.804. The molecule has 0 radical (unpaired) electrons. The Morgan fingerprint density at radius 3 is 3.14 bits per heavy atom. The highest BCUT2D eigenvalue weighted by molar-refractivity contribution is 7.26. The van der Waals surface area contributed by atoms with E-state index in [9.17, 15) is 0 Å². The van der Waals surface area contributed by atoms with Crippen molar-refractivity contribution in [2.24, 2.45) is 0 Å². The number of nitrogens with zero attached hydrogens (tertiary/aromatic N) is 2. The summed E-state index contributed by atoms with van der Waals surface area (Å²) in [5, 5.41) is 4.45. The van der Waals surface area contributed by atoms with Crippen molar-refractivity contribution in [2.45, 2.75) is 6.42 Å². The molecule has 0 spiro atoms. The zero-order valence-electron chi connectivity index (χ0n) is 7.49. The van der Waals surface area contributed by atoms with Crippen molar-refractivity contribution in [1.29, 1.82) is 0 Å². The average molecular weight is 223 g/mol. The Kier molecular flexibility index (Phi) is 2.08. The molecule has 0 fully saturated rings. The van der Waals surface area contributed by atoms with Crippen LogP contribution in [0.2, 0.25) is 0 Å². The van der Waals surface area contributed by atoms with Gasteiger partial charge in [-0.05, 0) is 18.5 Å². The maximum atomic E-state index is 4.57. The van der Waals surface area contributed by atoms with Gasteiger partial charge in [0.2, 0.25) is 0 Å². The average Bonchev–Trinajstić information content (AvgIpc) is 2.78. The summed E-state index contributed by atoms with van der Waals surface area (Å²) < 4.78 is 0. The van der Waals surface area contributed by atoms with E-state index in [4.69, 9.17) is 0 Å². The number of aromatic nitrogens is 2. The minimum atomic E-state index is 0.968. The van der Waals surface area contributed by atoms with Crippen LogP contribution in [0.1, 0.15) is 11.4 Å². The number of hydrogen-bond acceptors (Lipinski definition) is 5. The molecule has 0 saturated carbocycles. The zero-order chi connectivity index (χ0) is 9.38. The molecular formula is C9H9N3S2. The molecule has 0 saturated heterocycles. The van der Waals surface area contributed by atoms with Crippen molar-refractivity contribution in [3.8, 4) is 0 Å². The second-order valence-electron chi connectivity index (χ2n) is 3.17. The van der Waals surface area contributed by atoms with Crippen LogP contribution in [0.5, 0.6) is 0 Å². The lowest BCUT2D eigenvalue weighted by molar-refractivity contribution is 0.738. The van der Waals surface area contributed by atoms with Crippen LogP contribution >= 0.6 is 22.7 Å². The van der Waals surface area contributed by atoms with E-state index in [1.807, 2.05) is 5.51 Å². The molecule has 0 atom stereocenters. The largest absolute Gasteiger partial charge is 0.313 e. The third-order valence-electron chi connectivity index (χ3n) is 2.25. The van der Waals surface area contributed by atoms with Crippen LogP contribution in [0.3, 0.4) is 0 Å². The third-order valence-corrected chi connectivity index (χ3v) is 4.14. The van der Waals surface area contributed by atoms with Crippen LogP contribution in [-0.2, 0) is 0 Å². The number of nitrogens with one attached hydrogen (secondary N) is 1. The standard InChI is InChI=1S/C9H9N3S2/c1-3-10-4-2-6(1)7-12-9-8(14-7)11-5-13-9/h1,5,10H,2-4H2. The first-order valence-electron chi connectivity index (χ1n) is 4.53. The number of hydrogen-bond donors (Lipinski definition) is 1. The van der Waals surface area contributed by atoms with Gasteiger partial charge >= 0.3 is 0 Å². The van der Waals surface area contributed by atoms with Gasteiger partial charge in [0.05, 0.1) is 5.51 Å². The maximum absolute atomic E-state index is 4.57. The molecule has 1 N–H and O–H groups in total. The molecular weight excluding hydrogens is 214 g/mol.